The first-order chi connectivity index (χ1) is 10.2. The quantitative estimate of drug-likeness (QED) is 0.780. The molecule has 1 fully saturated rings. The zero-order valence-electron chi connectivity index (χ0n) is 12.5. The number of carbonyl (C=O) groups is 1. The van der Waals surface area contributed by atoms with E-state index in [0.29, 0.717) is 0 Å². The third-order valence-electron chi connectivity index (χ3n) is 3.90. The monoisotopic (exact) mass is 292 g/mol. The summed E-state index contributed by atoms with van der Waals surface area (Å²) >= 11 is 0. The Labute approximate surface area is 125 Å². The molecule has 0 spiro atoms. The first kappa shape index (κ1) is 15.6. The molecule has 1 saturated carbocycles. The van der Waals surface area contributed by atoms with Crippen molar-refractivity contribution in [2.45, 2.75) is 44.2 Å². The van der Waals surface area contributed by atoms with E-state index in [1.165, 1.54) is 19.3 Å². The number of ether oxygens (including phenoxy) is 1. The van der Waals surface area contributed by atoms with Crippen LogP contribution in [-0.4, -0.2) is 30.8 Å². The Hall–Kier alpha value is -1.75. The highest BCUT2D eigenvalue weighted by Gasteiger charge is 2.16. The summed E-state index contributed by atoms with van der Waals surface area (Å²) in [4.78, 5) is 11.8. The number of aliphatic hydroxyl groups excluding tert-OH is 1. The van der Waals surface area contributed by atoms with Crippen molar-refractivity contribution in [1.82, 2.24) is 10.6 Å². The van der Waals surface area contributed by atoms with E-state index < -0.39 is 6.10 Å². The average Bonchev–Trinajstić information content (AvgIpc) is 2.53. The highest BCUT2D eigenvalue weighted by molar-refractivity contribution is 5.74. The molecule has 0 aliphatic heterocycles. The zero-order chi connectivity index (χ0) is 15.1. The van der Waals surface area contributed by atoms with E-state index in [-0.39, 0.29) is 18.6 Å². The van der Waals surface area contributed by atoms with E-state index in [2.05, 4.69) is 10.6 Å². The maximum atomic E-state index is 11.8. The molecule has 5 heteroatoms. The van der Waals surface area contributed by atoms with Gasteiger partial charge in [-0.25, -0.2) is 4.79 Å². The Bertz CT molecular complexity index is 441. The van der Waals surface area contributed by atoms with Gasteiger partial charge in [0, 0.05) is 12.6 Å². The maximum absolute atomic E-state index is 11.8. The van der Waals surface area contributed by atoms with Gasteiger partial charge in [0.15, 0.2) is 0 Å². The van der Waals surface area contributed by atoms with Gasteiger partial charge in [0.25, 0.3) is 0 Å². The molecule has 1 unspecified atom stereocenters. The van der Waals surface area contributed by atoms with E-state index in [9.17, 15) is 9.90 Å². The SMILES string of the molecule is COc1ccc(C(O)CNC(=O)NC2CCCCC2)cc1. The van der Waals surface area contributed by atoms with Gasteiger partial charge in [0.05, 0.1) is 13.2 Å². The first-order valence-electron chi connectivity index (χ1n) is 7.55. The lowest BCUT2D eigenvalue weighted by Crippen LogP contribution is -2.44. The molecule has 1 aliphatic rings. The Morgan fingerprint density at radius 1 is 1.29 bits per heavy atom. The van der Waals surface area contributed by atoms with Gasteiger partial charge in [-0.05, 0) is 30.5 Å². The van der Waals surface area contributed by atoms with Gasteiger partial charge in [-0.15, -0.1) is 0 Å². The van der Waals surface area contributed by atoms with Crippen LogP contribution < -0.4 is 15.4 Å². The Morgan fingerprint density at radius 3 is 2.57 bits per heavy atom. The van der Waals surface area contributed by atoms with Crippen LogP contribution in [0.3, 0.4) is 0 Å². The van der Waals surface area contributed by atoms with Gasteiger partial charge >= 0.3 is 6.03 Å². The molecular weight excluding hydrogens is 268 g/mol. The number of nitrogens with one attached hydrogen (secondary N) is 2. The van der Waals surface area contributed by atoms with Gasteiger partial charge in [0.2, 0.25) is 0 Å². The summed E-state index contributed by atoms with van der Waals surface area (Å²) in [7, 11) is 1.60. The summed E-state index contributed by atoms with van der Waals surface area (Å²) < 4.78 is 5.07. The predicted molar refractivity (Wildman–Crippen MR) is 81.4 cm³/mol. The molecular formula is C16H24N2O3. The van der Waals surface area contributed by atoms with Crippen molar-refractivity contribution in [2.75, 3.05) is 13.7 Å². The molecule has 0 saturated heterocycles. The van der Waals surface area contributed by atoms with Crippen LogP contribution in [0.1, 0.15) is 43.8 Å². The Balaban J connectivity index is 1.74. The predicted octanol–water partition coefficient (Wildman–Crippen LogP) is 2.36. The molecule has 1 aromatic carbocycles. The summed E-state index contributed by atoms with van der Waals surface area (Å²) in [6, 6.07) is 7.25. The largest absolute Gasteiger partial charge is 0.497 e. The van der Waals surface area contributed by atoms with Crippen LogP contribution in [0.5, 0.6) is 5.75 Å². The van der Waals surface area contributed by atoms with Crippen molar-refractivity contribution in [3.05, 3.63) is 29.8 Å². The number of hydrogen-bond acceptors (Lipinski definition) is 3. The van der Waals surface area contributed by atoms with Gasteiger partial charge in [0.1, 0.15) is 5.75 Å². The summed E-state index contributed by atoms with van der Waals surface area (Å²) in [6.07, 6.45) is 5.01. The van der Waals surface area contributed by atoms with Crippen molar-refractivity contribution >= 4 is 6.03 Å². The normalized spacial score (nSPS) is 17.0. The van der Waals surface area contributed by atoms with Crippen LogP contribution >= 0.6 is 0 Å². The molecule has 1 aliphatic carbocycles. The Kier molecular flexibility index (Phi) is 5.87. The number of hydrogen-bond donors (Lipinski definition) is 3. The smallest absolute Gasteiger partial charge is 0.315 e. The molecule has 1 atom stereocenters. The summed E-state index contributed by atoms with van der Waals surface area (Å²) in [5, 5.41) is 15.7. The minimum Gasteiger partial charge on any atom is -0.497 e. The minimum atomic E-state index is -0.715. The molecule has 0 aromatic heterocycles. The van der Waals surface area contributed by atoms with Gasteiger partial charge in [-0.3, -0.25) is 0 Å². The zero-order valence-corrected chi connectivity index (χ0v) is 12.5. The van der Waals surface area contributed by atoms with E-state index in [1.807, 2.05) is 0 Å². The van der Waals surface area contributed by atoms with E-state index in [1.54, 1.807) is 31.4 Å². The lowest BCUT2D eigenvalue weighted by molar-refractivity contribution is 0.172. The molecule has 5 nitrogen and oxygen atoms in total. The minimum absolute atomic E-state index is 0.199. The van der Waals surface area contributed by atoms with Crippen LogP contribution in [0.25, 0.3) is 0 Å². The van der Waals surface area contributed by atoms with Gasteiger partial charge in [-0.2, -0.15) is 0 Å². The fourth-order valence-electron chi connectivity index (χ4n) is 2.62. The molecule has 3 N–H and O–H groups in total. The second kappa shape index (κ2) is 7.88. The molecule has 2 rings (SSSR count). The van der Waals surface area contributed by atoms with Crippen molar-refractivity contribution < 1.29 is 14.6 Å². The lowest BCUT2D eigenvalue weighted by atomic mass is 9.96. The summed E-state index contributed by atoms with van der Waals surface area (Å²) in [6.45, 7) is 0.199. The summed E-state index contributed by atoms with van der Waals surface area (Å²) in [5.74, 6) is 0.744. The number of aliphatic hydroxyl groups is 1. The van der Waals surface area contributed by atoms with Crippen LogP contribution in [-0.2, 0) is 0 Å². The number of benzene rings is 1. The number of urea groups is 1. The second-order valence-corrected chi connectivity index (χ2v) is 5.48. The fourth-order valence-corrected chi connectivity index (χ4v) is 2.62. The Morgan fingerprint density at radius 2 is 1.95 bits per heavy atom. The van der Waals surface area contributed by atoms with E-state index in [4.69, 9.17) is 4.74 Å². The van der Waals surface area contributed by atoms with Crippen molar-refractivity contribution in [1.29, 1.82) is 0 Å². The van der Waals surface area contributed by atoms with Crippen LogP contribution in [0.15, 0.2) is 24.3 Å². The fraction of sp³-hybridized carbons (Fsp3) is 0.562. The topological polar surface area (TPSA) is 70.6 Å². The standard InChI is InChI=1S/C16H24N2O3/c1-21-14-9-7-12(8-10-14)15(19)11-17-16(20)18-13-5-3-2-4-6-13/h7-10,13,15,19H,2-6,11H2,1H3,(H2,17,18,20). The number of methoxy groups -OCH3 is 1. The third kappa shape index (κ3) is 4.93. The average molecular weight is 292 g/mol. The molecule has 116 valence electrons. The summed E-state index contributed by atoms with van der Waals surface area (Å²) in [5.41, 5.74) is 0.758. The molecule has 0 heterocycles. The molecule has 21 heavy (non-hydrogen) atoms. The first-order valence-corrected chi connectivity index (χ1v) is 7.55. The van der Waals surface area contributed by atoms with Gasteiger partial charge in [-0.1, -0.05) is 31.4 Å². The number of carbonyl (C=O) groups excluding carboxylic acids is 1. The molecule has 1 aromatic rings. The van der Waals surface area contributed by atoms with Crippen molar-refractivity contribution in [3.8, 4) is 5.75 Å². The van der Waals surface area contributed by atoms with E-state index in [0.717, 1.165) is 24.2 Å². The highest BCUT2D eigenvalue weighted by atomic mass is 16.5. The molecule has 0 radical (unpaired) electrons. The maximum Gasteiger partial charge on any atom is 0.315 e. The molecule has 0 bridgehead atoms. The second-order valence-electron chi connectivity index (χ2n) is 5.48. The van der Waals surface area contributed by atoms with Gasteiger partial charge < -0.3 is 20.5 Å². The van der Waals surface area contributed by atoms with E-state index >= 15 is 0 Å². The van der Waals surface area contributed by atoms with Crippen molar-refractivity contribution in [3.63, 3.8) is 0 Å². The van der Waals surface area contributed by atoms with Crippen molar-refractivity contribution in [2.24, 2.45) is 0 Å². The molecule has 2 amide bonds. The van der Waals surface area contributed by atoms with Crippen LogP contribution in [0, 0.1) is 0 Å². The van der Waals surface area contributed by atoms with Crippen LogP contribution in [0.4, 0.5) is 4.79 Å². The number of rotatable bonds is 5. The highest BCUT2D eigenvalue weighted by Crippen LogP contribution is 2.18. The van der Waals surface area contributed by atoms with Crippen LogP contribution in [0.2, 0.25) is 0 Å². The number of amides is 2. The third-order valence-corrected chi connectivity index (χ3v) is 3.90. The lowest BCUT2D eigenvalue weighted by Gasteiger charge is -2.23.